The highest BCUT2D eigenvalue weighted by molar-refractivity contribution is 5.73. The van der Waals surface area contributed by atoms with Crippen LogP contribution in [-0.4, -0.2) is 48.1 Å². The van der Waals surface area contributed by atoms with Gasteiger partial charge in [0.2, 0.25) is 5.91 Å². The average molecular weight is 263 g/mol. The lowest BCUT2D eigenvalue weighted by atomic mass is 10.2. The van der Waals surface area contributed by atoms with Gasteiger partial charge in [-0.25, -0.2) is 0 Å². The van der Waals surface area contributed by atoms with Crippen LogP contribution in [-0.2, 0) is 9.53 Å². The first kappa shape index (κ1) is 13.8. The topological polar surface area (TPSA) is 54.5 Å². The highest BCUT2D eigenvalue weighted by Gasteiger charge is 2.21. The quantitative estimate of drug-likeness (QED) is 0.894. The fourth-order valence-electron chi connectivity index (χ4n) is 2.30. The zero-order valence-corrected chi connectivity index (χ0v) is 11.8. The average Bonchev–Trinajstić information content (AvgIpc) is 2.35. The summed E-state index contributed by atoms with van der Waals surface area (Å²) in [4.78, 5) is 17.5. The molecule has 5 heteroatoms. The second kappa shape index (κ2) is 6.02. The zero-order chi connectivity index (χ0) is 13.8. The summed E-state index contributed by atoms with van der Waals surface area (Å²) in [7, 11) is 0. The number of rotatable bonds is 3. The van der Waals surface area contributed by atoms with Crippen molar-refractivity contribution in [1.29, 1.82) is 0 Å². The molecule has 0 spiro atoms. The van der Waals surface area contributed by atoms with Gasteiger partial charge in [-0.2, -0.15) is 0 Å². The molecule has 1 aliphatic rings. The van der Waals surface area contributed by atoms with Crippen LogP contribution in [0.4, 0.5) is 5.69 Å². The molecule has 1 N–H and O–H groups in total. The molecule has 0 aliphatic carbocycles. The molecule has 0 radical (unpaired) electrons. The van der Waals surface area contributed by atoms with Crippen LogP contribution in [0.15, 0.2) is 12.1 Å². The number of nitrogens with zero attached hydrogens (tertiary/aromatic N) is 2. The van der Waals surface area contributed by atoms with E-state index in [2.05, 4.69) is 10.3 Å². The van der Waals surface area contributed by atoms with Crippen LogP contribution in [0.3, 0.4) is 0 Å². The van der Waals surface area contributed by atoms with Crippen molar-refractivity contribution in [3.05, 3.63) is 23.5 Å². The van der Waals surface area contributed by atoms with Crippen molar-refractivity contribution < 1.29 is 9.53 Å². The lowest BCUT2D eigenvalue weighted by molar-refractivity contribution is -0.135. The van der Waals surface area contributed by atoms with Gasteiger partial charge in [-0.1, -0.05) is 0 Å². The van der Waals surface area contributed by atoms with Crippen molar-refractivity contribution in [2.75, 3.05) is 31.6 Å². The van der Waals surface area contributed by atoms with Crippen molar-refractivity contribution in [1.82, 2.24) is 9.88 Å². The Morgan fingerprint density at radius 1 is 1.47 bits per heavy atom. The number of nitrogens with one attached hydrogen (secondary N) is 1. The lowest BCUT2D eigenvalue weighted by Gasteiger charge is -2.32. The Balaban J connectivity index is 1.89. The SMILES string of the molecule is CC(=O)N1CCOC(CNc2cc(C)nc(C)c2)C1. The predicted molar refractivity (Wildman–Crippen MR) is 74.2 cm³/mol. The van der Waals surface area contributed by atoms with Gasteiger partial charge < -0.3 is 15.0 Å². The molecule has 5 nitrogen and oxygen atoms in total. The number of carbonyl (C=O) groups is 1. The summed E-state index contributed by atoms with van der Waals surface area (Å²) in [6.45, 7) is 8.22. The summed E-state index contributed by atoms with van der Waals surface area (Å²) in [5.41, 5.74) is 3.04. The molecular formula is C14H21N3O2. The second-order valence-electron chi connectivity index (χ2n) is 4.98. The largest absolute Gasteiger partial charge is 0.382 e. The first-order valence-electron chi connectivity index (χ1n) is 6.61. The zero-order valence-electron chi connectivity index (χ0n) is 11.8. The molecule has 0 aromatic carbocycles. The third-order valence-electron chi connectivity index (χ3n) is 3.20. The van der Waals surface area contributed by atoms with Crippen molar-refractivity contribution in [2.24, 2.45) is 0 Å². The summed E-state index contributed by atoms with van der Waals surface area (Å²) >= 11 is 0. The molecule has 1 fully saturated rings. The standard InChI is InChI=1S/C14H21N3O2/c1-10-6-13(7-11(2)16-10)15-8-14-9-17(12(3)18)4-5-19-14/h6-7,14H,4-5,8-9H2,1-3H3,(H,15,16). The number of anilines is 1. The van der Waals surface area contributed by atoms with Crippen molar-refractivity contribution in [3.63, 3.8) is 0 Å². The van der Waals surface area contributed by atoms with E-state index in [9.17, 15) is 4.79 Å². The molecule has 1 saturated heterocycles. The molecule has 19 heavy (non-hydrogen) atoms. The Kier molecular flexibility index (Phi) is 4.37. The molecule has 2 heterocycles. The number of aromatic nitrogens is 1. The number of pyridine rings is 1. The van der Waals surface area contributed by atoms with Crippen LogP contribution in [0.1, 0.15) is 18.3 Å². The van der Waals surface area contributed by atoms with Gasteiger partial charge in [-0.3, -0.25) is 9.78 Å². The Morgan fingerprint density at radius 3 is 2.79 bits per heavy atom. The van der Waals surface area contributed by atoms with E-state index in [-0.39, 0.29) is 12.0 Å². The minimum atomic E-state index is 0.0476. The van der Waals surface area contributed by atoms with E-state index in [0.717, 1.165) is 17.1 Å². The Labute approximate surface area is 114 Å². The van der Waals surface area contributed by atoms with Gasteiger partial charge in [0, 0.05) is 43.6 Å². The molecule has 1 aromatic heterocycles. The van der Waals surface area contributed by atoms with E-state index in [1.165, 1.54) is 0 Å². The fraction of sp³-hybridized carbons (Fsp3) is 0.571. The number of morpholine rings is 1. The lowest BCUT2D eigenvalue weighted by Crippen LogP contribution is -2.47. The third-order valence-corrected chi connectivity index (χ3v) is 3.20. The van der Waals surface area contributed by atoms with E-state index in [0.29, 0.717) is 26.2 Å². The smallest absolute Gasteiger partial charge is 0.219 e. The van der Waals surface area contributed by atoms with E-state index >= 15 is 0 Å². The summed E-state index contributed by atoms with van der Waals surface area (Å²) in [6.07, 6.45) is 0.0476. The molecule has 2 rings (SSSR count). The molecule has 1 amide bonds. The van der Waals surface area contributed by atoms with Gasteiger partial charge in [0.25, 0.3) is 0 Å². The number of ether oxygens (including phenoxy) is 1. The van der Waals surface area contributed by atoms with Crippen LogP contribution in [0.2, 0.25) is 0 Å². The Hall–Kier alpha value is -1.62. The van der Waals surface area contributed by atoms with Crippen LogP contribution in [0, 0.1) is 13.8 Å². The van der Waals surface area contributed by atoms with Gasteiger partial charge >= 0.3 is 0 Å². The Morgan fingerprint density at radius 2 is 2.16 bits per heavy atom. The van der Waals surface area contributed by atoms with Gasteiger partial charge in [-0.05, 0) is 26.0 Å². The third kappa shape index (κ3) is 3.92. The van der Waals surface area contributed by atoms with E-state index in [1.54, 1.807) is 6.92 Å². The molecule has 1 unspecified atom stereocenters. The van der Waals surface area contributed by atoms with Crippen molar-refractivity contribution in [2.45, 2.75) is 26.9 Å². The van der Waals surface area contributed by atoms with Gasteiger partial charge in [-0.15, -0.1) is 0 Å². The molecule has 1 aliphatic heterocycles. The minimum absolute atomic E-state index is 0.0476. The van der Waals surface area contributed by atoms with Crippen LogP contribution < -0.4 is 5.32 Å². The highest BCUT2D eigenvalue weighted by Crippen LogP contribution is 2.12. The number of aryl methyl sites for hydroxylation is 2. The van der Waals surface area contributed by atoms with Gasteiger partial charge in [0.1, 0.15) is 0 Å². The van der Waals surface area contributed by atoms with E-state index in [1.807, 2.05) is 30.9 Å². The van der Waals surface area contributed by atoms with Crippen molar-refractivity contribution in [3.8, 4) is 0 Å². The van der Waals surface area contributed by atoms with E-state index < -0.39 is 0 Å². The maximum absolute atomic E-state index is 11.3. The molecule has 104 valence electrons. The molecule has 0 saturated carbocycles. The summed E-state index contributed by atoms with van der Waals surface area (Å²) < 4.78 is 5.67. The summed E-state index contributed by atoms with van der Waals surface area (Å²) in [6, 6.07) is 4.02. The normalized spacial score (nSPS) is 19.3. The summed E-state index contributed by atoms with van der Waals surface area (Å²) in [5, 5.41) is 3.35. The minimum Gasteiger partial charge on any atom is -0.382 e. The van der Waals surface area contributed by atoms with Gasteiger partial charge in [0.05, 0.1) is 12.7 Å². The van der Waals surface area contributed by atoms with Crippen LogP contribution in [0.5, 0.6) is 0 Å². The maximum atomic E-state index is 11.3. The fourth-order valence-corrected chi connectivity index (χ4v) is 2.30. The summed E-state index contributed by atoms with van der Waals surface area (Å²) in [5.74, 6) is 0.115. The molecule has 1 atom stereocenters. The second-order valence-corrected chi connectivity index (χ2v) is 4.98. The first-order chi connectivity index (χ1) is 9.04. The number of carbonyl (C=O) groups excluding carboxylic acids is 1. The van der Waals surface area contributed by atoms with Crippen molar-refractivity contribution >= 4 is 11.6 Å². The predicted octanol–water partition coefficient (Wildman–Crippen LogP) is 1.36. The van der Waals surface area contributed by atoms with E-state index in [4.69, 9.17) is 4.74 Å². The first-order valence-corrected chi connectivity index (χ1v) is 6.61. The maximum Gasteiger partial charge on any atom is 0.219 e. The van der Waals surface area contributed by atoms with Crippen LogP contribution >= 0.6 is 0 Å². The molecule has 0 bridgehead atoms. The van der Waals surface area contributed by atoms with Crippen LogP contribution in [0.25, 0.3) is 0 Å². The molecule has 1 aromatic rings. The molecular weight excluding hydrogens is 242 g/mol. The Bertz CT molecular complexity index is 442. The number of hydrogen-bond donors (Lipinski definition) is 1. The van der Waals surface area contributed by atoms with Gasteiger partial charge in [0.15, 0.2) is 0 Å². The number of amides is 1. The highest BCUT2D eigenvalue weighted by atomic mass is 16.5. The number of hydrogen-bond acceptors (Lipinski definition) is 4. The monoisotopic (exact) mass is 263 g/mol.